The molecule has 1 saturated heterocycles. The highest BCUT2D eigenvalue weighted by Crippen LogP contribution is 2.11. The second-order valence-corrected chi connectivity index (χ2v) is 4.71. The van der Waals surface area contributed by atoms with Gasteiger partial charge in [-0.15, -0.1) is 0 Å². The van der Waals surface area contributed by atoms with E-state index in [0.717, 1.165) is 32.7 Å². The van der Waals surface area contributed by atoms with E-state index >= 15 is 0 Å². The molecule has 0 radical (unpaired) electrons. The molecule has 0 amide bonds. The molecule has 1 aromatic heterocycles. The summed E-state index contributed by atoms with van der Waals surface area (Å²) in [6.07, 6.45) is 2.85. The minimum atomic E-state index is -0.989. The van der Waals surface area contributed by atoms with Crippen molar-refractivity contribution in [3.05, 3.63) is 24.0 Å². The summed E-state index contributed by atoms with van der Waals surface area (Å²) in [6.45, 7) is 5.66. The largest absolute Gasteiger partial charge is 0.491 e. The van der Waals surface area contributed by atoms with Crippen molar-refractivity contribution < 1.29 is 14.6 Å². The average molecular weight is 265 g/mol. The van der Waals surface area contributed by atoms with Gasteiger partial charge in [-0.05, 0) is 13.1 Å². The SMILES string of the molecule is CN1CCN(CCOc2cncc(C(=O)O)c2)CC1. The normalized spacial score (nSPS) is 17.3. The lowest BCUT2D eigenvalue weighted by Crippen LogP contribution is -2.45. The number of hydrogen-bond acceptors (Lipinski definition) is 5. The van der Waals surface area contributed by atoms with Crippen molar-refractivity contribution in [1.82, 2.24) is 14.8 Å². The number of carboxylic acids is 1. The highest BCUT2D eigenvalue weighted by atomic mass is 16.5. The molecule has 0 spiro atoms. The predicted molar refractivity (Wildman–Crippen MR) is 70.6 cm³/mol. The third-order valence-corrected chi connectivity index (χ3v) is 3.23. The molecule has 104 valence electrons. The molecular formula is C13H19N3O3. The van der Waals surface area contributed by atoms with Gasteiger partial charge in [0.15, 0.2) is 0 Å². The van der Waals surface area contributed by atoms with Crippen LogP contribution < -0.4 is 4.74 Å². The molecule has 0 bridgehead atoms. The molecule has 2 rings (SSSR count). The number of hydrogen-bond donors (Lipinski definition) is 1. The van der Waals surface area contributed by atoms with Crippen molar-refractivity contribution in [2.24, 2.45) is 0 Å². The zero-order valence-electron chi connectivity index (χ0n) is 11.1. The number of rotatable bonds is 5. The third kappa shape index (κ3) is 4.18. The lowest BCUT2D eigenvalue weighted by atomic mass is 10.3. The quantitative estimate of drug-likeness (QED) is 0.831. The number of likely N-dealkylation sites (N-methyl/N-ethyl adjacent to an activating group) is 1. The van der Waals surface area contributed by atoms with Crippen LogP contribution >= 0.6 is 0 Å². The Kier molecular flexibility index (Phi) is 4.70. The van der Waals surface area contributed by atoms with E-state index in [-0.39, 0.29) is 5.56 Å². The molecular weight excluding hydrogens is 246 g/mol. The van der Waals surface area contributed by atoms with E-state index in [4.69, 9.17) is 9.84 Å². The Balaban J connectivity index is 1.76. The summed E-state index contributed by atoms with van der Waals surface area (Å²) in [5, 5.41) is 8.85. The van der Waals surface area contributed by atoms with E-state index < -0.39 is 5.97 Å². The number of piperazine rings is 1. The fourth-order valence-corrected chi connectivity index (χ4v) is 1.98. The summed E-state index contributed by atoms with van der Waals surface area (Å²) in [5.41, 5.74) is 0.150. The molecule has 1 aromatic rings. The summed E-state index contributed by atoms with van der Waals surface area (Å²) >= 11 is 0. The molecule has 0 aromatic carbocycles. The van der Waals surface area contributed by atoms with Gasteiger partial charge < -0.3 is 14.7 Å². The molecule has 19 heavy (non-hydrogen) atoms. The fraction of sp³-hybridized carbons (Fsp3) is 0.538. The van der Waals surface area contributed by atoms with Gasteiger partial charge in [-0.25, -0.2) is 4.79 Å². The monoisotopic (exact) mass is 265 g/mol. The summed E-state index contributed by atoms with van der Waals surface area (Å²) in [7, 11) is 2.12. The molecule has 1 aliphatic heterocycles. The van der Waals surface area contributed by atoms with Crippen molar-refractivity contribution in [2.75, 3.05) is 46.4 Å². The molecule has 6 nitrogen and oxygen atoms in total. The van der Waals surface area contributed by atoms with Gasteiger partial charge in [0, 0.05) is 38.9 Å². The van der Waals surface area contributed by atoms with Crippen molar-refractivity contribution in [3.63, 3.8) is 0 Å². The van der Waals surface area contributed by atoms with Crippen LogP contribution in [0.3, 0.4) is 0 Å². The maximum Gasteiger partial charge on any atom is 0.337 e. The van der Waals surface area contributed by atoms with Gasteiger partial charge in [0.25, 0.3) is 0 Å². The van der Waals surface area contributed by atoms with Gasteiger partial charge in [-0.3, -0.25) is 9.88 Å². The highest BCUT2D eigenvalue weighted by molar-refractivity contribution is 5.87. The van der Waals surface area contributed by atoms with E-state index in [2.05, 4.69) is 21.8 Å². The smallest absolute Gasteiger partial charge is 0.337 e. The summed E-state index contributed by atoms with van der Waals surface area (Å²) in [6, 6.07) is 1.50. The van der Waals surface area contributed by atoms with Gasteiger partial charge in [0.1, 0.15) is 12.4 Å². The first-order valence-electron chi connectivity index (χ1n) is 6.37. The van der Waals surface area contributed by atoms with E-state index in [1.807, 2.05) is 0 Å². The van der Waals surface area contributed by atoms with Gasteiger partial charge in [0.2, 0.25) is 0 Å². The molecule has 1 fully saturated rings. The molecule has 1 N–H and O–H groups in total. The van der Waals surface area contributed by atoms with E-state index in [0.29, 0.717) is 12.4 Å². The van der Waals surface area contributed by atoms with Crippen LogP contribution in [0.5, 0.6) is 5.75 Å². The zero-order chi connectivity index (χ0) is 13.7. The summed E-state index contributed by atoms with van der Waals surface area (Å²) in [4.78, 5) is 19.3. The van der Waals surface area contributed by atoms with Crippen molar-refractivity contribution in [3.8, 4) is 5.75 Å². The summed E-state index contributed by atoms with van der Waals surface area (Å²) < 4.78 is 5.55. The molecule has 0 saturated carbocycles. The van der Waals surface area contributed by atoms with Crippen LogP contribution in [0.1, 0.15) is 10.4 Å². The molecule has 0 unspecified atom stereocenters. The predicted octanol–water partition coefficient (Wildman–Crippen LogP) is 0.406. The highest BCUT2D eigenvalue weighted by Gasteiger charge is 2.13. The minimum Gasteiger partial charge on any atom is -0.491 e. The fourth-order valence-electron chi connectivity index (χ4n) is 1.98. The van der Waals surface area contributed by atoms with Crippen molar-refractivity contribution in [1.29, 1.82) is 0 Å². The van der Waals surface area contributed by atoms with Crippen LogP contribution in [0, 0.1) is 0 Å². The lowest BCUT2D eigenvalue weighted by Gasteiger charge is -2.32. The van der Waals surface area contributed by atoms with Gasteiger partial charge in [-0.2, -0.15) is 0 Å². The lowest BCUT2D eigenvalue weighted by molar-refractivity contribution is 0.0695. The second-order valence-electron chi connectivity index (χ2n) is 4.71. The van der Waals surface area contributed by atoms with Crippen molar-refractivity contribution in [2.45, 2.75) is 0 Å². The maximum absolute atomic E-state index is 10.8. The summed E-state index contributed by atoms with van der Waals surface area (Å²) in [5.74, 6) is -0.481. The molecule has 2 heterocycles. The molecule has 0 atom stereocenters. The Hall–Kier alpha value is -1.66. The van der Waals surface area contributed by atoms with E-state index in [1.54, 1.807) is 0 Å². The van der Waals surface area contributed by atoms with E-state index in [9.17, 15) is 4.79 Å². The Morgan fingerprint density at radius 3 is 2.79 bits per heavy atom. The van der Waals surface area contributed by atoms with Gasteiger partial charge in [0.05, 0.1) is 11.8 Å². The molecule has 0 aliphatic carbocycles. The number of carbonyl (C=O) groups is 1. The minimum absolute atomic E-state index is 0.150. The topological polar surface area (TPSA) is 65.9 Å². The van der Waals surface area contributed by atoms with Crippen LogP contribution in [-0.4, -0.2) is 72.2 Å². The molecule has 6 heteroatoms. The number of carboxylic acid groups (broad SMARTS) is 1. The van der Waals surface area contributed by atoms with Gasteiger partial charge >= 0.3 is 5.97 Å². The Labute approximate surface area is 112 Å². The zero-order valence-corrected chi connectivity index (χ0v) is 11.1. The Bertz CT molecular complexity index is 431. The average Bonchev–Trinajstić information content (AvgIpc) is 2.41. The third-order valence-electron chi connectivity index (χ3n) is 3.23. The number of pyridine rings is 1. The first kappa shape index (κ1) is 13.8. The maximum atomic E-state index is 10.8. The standard InChI is InChI=1S/C13H19N3O3/c1-15-2-4-16(5-3-15)6-7-19-12-8-11(13(17)18)9-14-10-12/h8-10H,2-7H2,1H3,(H,17,18). The van der Waals surface area contributed by atoms with Crippen LogP contribution in [0.4, 0.5) is 0 Å². The Morgan fingerprint density at radius 2 is 2.11 bits per heavy atom. The first-order valence-corrected chi connectivity index (χ1v) is 6.37. The molecule has 1 aliphatic rings. The number of ether oxygens (including phenoxy) is 1. The second kappa shape index (κ2) is 6.49. The number of aromatic nitrogens is 1. The van der Waals surface area contributed by atoms with Crippen LogP contribution in [0.15, 0.2) is 18.5 Å². The Morgan fingerprint density at radius 1 is 1.37 bits per heavy atom. The number of nitrogens with zero attached hydrogens (tertiary/aromatic N) is 3. The van der Waals surface area contributed by atoms with Crippen LogP contribution in [-0.2, 0) is 0 Å². The van der Waals surface area contributed by atoms with Gasteiger partial charge in [-0.1, -0.05) is 0 Å². The van der Waals surface area contributed by atoms with Crippen LogP contribution in [0.25, 0.3) is 0 Å². The first-order chi connectivity index (χ1) is 9.15. The van der Waals surface area contributed by atoms with E-state index in [1.165, 1.54) is 18.5 Å². The van der Waals surface area contributed by atoms with Crippen molar-refractivity contribution >= 4 is 5.97 Å². The van der Waals surface area contributed by atoms with Crippen LogP contribution in [0.2, 0.25) is 0 Å². The number of aromatic carboxylic acids is 1.